The Morgan fingerprint density at radius 2 is 1.53 bits per heavy atom. The molecular formula is C37H31ClN4O5. The predicted octanol–water partition coefficient (Wildman–Crippen LogP) is 7.16. The van der Waals surface area contributed by atoms with Gasteiger partial charge >= 0.3 is 0 Å². The molecule has 9 nitrogen and oxygen atoms in total. The van der Waals surface area contributed by atoms with Crippen molar-refractivity contribution in [1.82, 2.24) is 0 Å². The monoisotopic (exact) mass is 646 g/mol. The number of carbonyl (C=O) groups excluding carboxylic acids is 4. The zero-order chi connectivity index (χ0) is 33.1. The van der Waals surface area contributed by atoms with Gasteiger partial charge in [0, 0.05) is 53.0 Å². The normalized spacial score (nSPS) is 23.9. The number of nitrogens with zero attached hydrogens (tertiary/aromatic N) is 4. The van der Waals surface area contributed by atoms with Gasteiger partial charge in [-0.15, -0.1) is 0 Å². The average molecular weight is 647 g/mol. The number of hydrogen-bond donors (Lipinski definition) is 1. The molecule has 7 rings (SSSR count). The van der Waals surface area contributed by atoms with E-state index in [-0.39, 0.29) is 42.0 Å². The number of benzene rings is 3. The van der Waals surface area contributed by atoms with E-state index in [1.807, 2.05) is 49.3 Å². The first-order valence-corrected chi connectivity index (χ1v) is 15.8. The molecule has 1 saturated heterocycles. The third-order valence-corrected chi connectivity index (χ3v) is 9.86. The van der Waals surface area contributed by atoms with Crippen molar-refractivity contribution in [1.29, 1.82) is 0 Å². The SMILES string of the molecule is CC1=CC(=O)C2=C(C1=O)[C@@H](c1cc(Cl)ccc1O)C1=CC[C@@H]3C(=O)N(c4ccc(N=Nc5ccc(N(C)C)cc5)cc4)C(=O)[C@@H]3[C@@H]1C2. The van der Waals surface area contributed by atoms with Gasteiger partial charge in [0.15, 0.2) is 11.6 Å². The molecule has 47 heavy (non-hydrogen) atoms. The van der Waals surface area contributed by atoms with Gasteiger partial charge in [-0.05, 0) is 98.5 Å². The second-order valence-corrected chi connectivity index (χ2v) is 13.0. The van der Waals surface area contributed by atoms with Crippen molar-refractivity contribution in [2.45, 2.75) is 25.7 Å². The molecule has 3 aromatic carbocycles. The van der Waals surface area contributed by atoms with Crippen molar-refractivity contribution in [3.8, 4) is 5.75 Å². The van der Waals surface area contributed by atoms with Crippen LogP contribution in [0.5, 0.6) is 5.75 Å². The summed E-state index contributed by atoms with van der Waals surface area (Å²) in [5, 5.41) is 19.9. The molecular weight excluding hydrogens is 616 g/mol. The van der Waals surface area contributed by atoms with Crippen LogP contribution in [0, 0.1) is 17.8 Å². The average Bonchev–Trinajstić information content (AvgIpc) is 3.32. The Hall–Kier alpha value is -5.15. The van der Waals surface area contributed by atoms with E-state index >= 15 is 0 Å². The highest BCUT2D eigenvalue weighted by molar-refractivity contribution is 6.30. The van der Waals surface area contributed by atoms with E-state index in [9.17, 15) is 24.3 Å². The van der Waals surface area contributed by atoms with E-state index < -0.39 is 23.7 Å². The lowest BCUT2D eigenvalue weighted by atomic mass is 9.59. The number of phenols is 1. The van der Waals surface area contributed by atoms with Gasteiger partial charge < -0.3 is 10.0 Å². The van der Waals surface area contributed by atoms with Crippen molar-refractivity contribution < 1.29 is 24.3 Å². The minimum Gasteiger partial charge on any atom is -0.508 e. The van der Waals surface area contributed by atoms with E-state index in [1.54, 1.807) is 43.3 Å². The Morgan fingerprint density at radius 3 is 2.19 bits per heavy atom. The van der Waals surface area contributed by atoms with Crippen LogP contribution in [0.25, 0.3) is 0 Å². The first-order chi connectivity index (χ1) is 22.5. The summed E-state index contributed by atoms with van der Waals surface area (Å²) in [4.78, 5) is 58.1. The molecule has 0 saturated carbocycles. The van der Waals surface area contributed by atoms with Gasteiger partial charge in [-0.3, -0.25) is 24.1 Å². The van der Waals surface area contributed by atoms with E-state index in [4.69, 9.17) is 11.6 Å². The van der Waals surface area contributed by atoms with Crippen LogP contribution in [0.4, 0.5) is 22.7 Å². The second-order valence-electron chi connectivity index (χ2n) is 12.6. The van der Waals surface area contributed by atoms with Crippen molar-refractivity contribution in [2.24, 2.45) is 28.0 Å². The van der Waals surface area contributed by atoms with Gasteiger partial charge in [0.1, 0.15) is 5.75 Å². The molecule has 0 unspecified atom stereocenters. The standard InChI is InChI=1S/C37H31ClN4O5/c1-19-16-31(44)29-18-27-25(32(34(29)35(19)45)28-17-20(38)4-15-30(28)43)13-14-26-33(27)37(47)42(36(26)46)24-11-7-22(8-12-24)40-39-21-5-9-23(10-6-21)41(2)3/h4-13,15-17,26-27,32-33,43H,14,18H2,1-3H3/t26-,27+,32+,33-/m0/s1. The number of azo groups is 1. The molecule has 4 aliphatic rings. The minimum atomic E-state index is -0.774. The maximum atomic E-state index is 14.2. The number of halogens is 1. The maximum absolute atomic E-state index is 14.2. The number of aromatic hydroxyl groups is 1. The van der Waals surface area contributed by atoms with Crippen LogP contribution in [0.1, 0.15) is 31.2 Å². The van der Waals surface area contributed by atoms with Crippen LogP contribution < -0.4 is 9.80 Å². The van der Waals surface area contributed by atoms with Crippen LogP contribution in [0.2, 0.25) is 5.02 Å². The van der Waals surface area contributed by atoms with Crippen molar-refractivity contribution in [3.63, 3.8) is 0 Å². The molecule has 10 heteroatoms. The number of hydrogen-bond acceptors (Lipinski definition) is 8. The number of rotatable bonds is 5. The lowest BCUT2D eigenvalue weighted by Gasteiger charge is -2.42. The third kappa shape index (κ3) is 5.11. The predicted molar refractivity (Wildman–Crippen MR) is 178 cm³/mol. The topological polar surface area (TPSA) is 120 Å². The Kier molecular flexibility index (Phi) is 7.51. The van der Waals surface area contributed by atoms with Crippen LogP contribution in [0.15, 0.2) is 111 Å². The van der Waals surface area contributed by atoms with E-state index in [0.717, 1.165) is 11.3 Å². The fourth-order valence-electron chi connectivity index (χ4n) is 7.33. The Bertz CT molecular complexity index is 1990. The molecule has 3 aliphatic carbocycles. The van der Waals surface area contributed by atoms with Gasteiger partial charge in [0.25, 0.3) is 0 Å². The third-order valence-electron chi connectivity index (χ3n) is 9.62. The van der Waals surface area contributed by atoms with Gasteiger partial charge in [0.05, 0.1) is 28.9 Å². The quantitative estimate of drug-likeness (QED) is 0.136. The number of Topliss-reactive ketones (excluding diaryl/α,β-unsaturated/α-hetero) is 1. The van der Waals surface area contributed by atoms with Crippen molar-refractivity contribution in [3.05, 3.63) is 112 Å². The smallest absolute Gasteiger partial charge is 0.238 e. The summed E-state index contributed by atoms with van der Waals surface area (Å²) in [7, 11) is 3.92. The molecule has 4 atom stereocenters. The molecule has 0 radical (unpaired) electrons. The van der Waals surface area contributed by atoms with Crippen LogP contribution in [0.3, 0.4) is 0 Å². The molecule has 1 fully saturated rings. The molecule has 0 bridgehead atoms. The first kappa shape index (κ1) is 30.5. The van der Waals surface area contributed by atoms with E-state index in [1.165, 1.54) is 17.0 Å². The fraction of sp³-hybridized carbons (Fsp3) is 0.243. The fourth-order valence-corrected chi connectivity index (χ4v) is 7.51. The highest BCUT2D eigenvalue weighted by atomic mass is 35.5. The molecule has 0 aromatic heterocycles. The van der Waals surface area contributed by atoms with Crippen molar-refractivity contribution >= 4 is 57.7 Å². The zero-order valence-corrected chi connectivity index (χ0v) is 26.7. The summed E-state index contributed by atoms with van der Waals surface area (Å²) in [6.45, 7) is 1.60. The number of ketones is 2. The van der Waals surface area contributed by atoms with E-state index in [2.05, 4.69) is 10.2 Å². The molecule has 1 N–H and O–H groups in total. The number of phenolic OH excluding ortho intramolecular Hbond substituents is 1. The largest absolute Gasteiger partial charge is 0.508 e. The van der Waals surface area contributed by atoms with Crippen molar-refractivity contribution in [2.75, 3.05) is 23.9 Å². The highest BCUT2D eigenvalue weighted by Gasteiger charge is 2.56. The zero-order valence-electron chi connectivity index (χ0n) is 26.0. The molecule has 1 heterocycles. The number of amides is 2. The highest BCUT2D eigenvalue weighted by Crippen LogP contribution is 2.56. The summed E-state index contributed by atoms with van der Waals surface area (Å²) < 4.78 is 0. The number of allylic oxidation sites excluding steroid dienone is 6. The van der Waals surface area contributed by atoms with Crippen LogP contribution in [-0.2, 0) is 19.2 Å². The second kappa shape index (κ2) is 11.6. The molecule has 3 aromatic rings. The minimum absolute atomic E-state index is 0.0688. The lowest BCUT2D eigenvalue weighted by molar-refractivity contribution is -0.123. The molecule has 2 amide bonds. The van der Waals surface area contributed by atoms with E-state index in [0.29, 0.717) is 44.4 Å². The Labute approximate surface area is 276 Å². The van der Waals surface area contributed by atoms with Crippen LogP contribution in [-0.4, -0.2) is 42.6 Å². The summed E-state index contributed by atoms with van der Waals surface area (Å²) in [5.41, 5.74) is 4.80. The Morgan fingerprint density at radius 1 is 0.872 bits per heavy atom. The summed E-state index contributed by atoms with van der Waals surface area (Å²) in [6, 6.07) is 19.0. The number of imide groups is 1. The number of fused-ring (bicyclic) bond motifs is 3. The maximum Gasteiger partial charge on any atom is 0.238 e. The summed E-state index contributed by atoms with van der Waals surface area (Å²) in [5.74, 6) is -3.96. The van der Waals surface area contributed by atoms with Crippen LogP contribution >= 0.6 is 11.6 Å². The number of carbonyl (C=O) groups is 4. The number of anilines is 2. The Balaban J connectivity index is 1.20. The van der Waals surface area contributed by atoms with Gasteiger partial charge in [-0.2, -0.15) is 10.2 Å². The summed E-state index contributed by atoms with van der Waals surface area (Å²) >= 11 is 6.35. The molecule has 1 aliphatic heterocycles. The van der Waals surface area contributed by atoms with Gasteiger partial charge in [-0.1, -0.05) is 23.3 Å². The molecule has 0 spiro atoms. The lowest BCUT2D eigenvalue weighted by Crippen LogP contribution is -2.39. The van der Waals surface area contributed by atoms with Gasteiger partial charge in [0.2, 0.25) is 11.8 Å². The summed E-state index contributed by atoms with van der Waals surface area (Å²) in [6.07, 6.45) is 3.68. The van der Waals surface area contributed by atoms with Gasteiger partial charge in [-0.25, -0.2) is 0 Å². The first-order valence-electron chi connectivity index (χ1n) is 15.4. The molecule has 236 valence electrons.